The lowest BCUT2D eigenvalue weighted by molar-refractivity contribution is -0.116. The molecule has 3 aromatic rings. The number of hydrogen-bond donors (Lipinski definition) is 3. The van der Waals surface area contributed by atoms with E-state index in [0.29, 0.717) is 38.5 Å². The number of carbonyl (C=O) groups is 2. The van der Waals surface area contributed by atoms with Crippen LogP contribution < -0.4 is 20.7 Å². The second-order valence-electron chi connectivity index (χ2n) is 6.86. The van der Waals surface area contributed by atoms with Crippen LogP contribution in [-0.2, 0) is 4.79 Å². The Bertz CT molecular complexity index is 1180. The Kier molecular flexibility index (Phi) is 8.31. The second-order valence-corrected chi connectivity index (χ2v) is 9.14. The number of nitrogens with one attached hydrogen (secondary N) is 3. The molecule has 1 aromatic heterocycles. The highest BCUT2D eigenvalue weighted by molar-refractivity contribution is 7.80. The highest BCUT2D eigenvalue weighted by atomic mass is 35.5. The maximum absolute atomic E-state index is 12.7. The molecule has 3 N–H and O–H groups in total. The van der Waals surface area contributed by atoms with E-state index in [1.54, 1.807) is 36.4 Å². The number of amides is 2. The first-order valence-corrected chi connectivity index (χ1v) is 11.8. The van der Waals surface area contributed by atoms with Gasteiger partial charge in [-0.05, 0) is 42.9 Å². The molecule has 0 saturated carbocycles. The minimum absolute atomic E-state index is 0.0739. The van der Waals surface area contributed by atoms with Gasteiger partial charge in [0.2, 0.25) is 5.91 Å². The molecular weight excluding hydrogens is 489 g/mol. The summed E-state index contributed by atoms with van der Waals surface area (Å²) in [5.74, 6) is -0.0230. The smallest absolute Gasteiger partial charge is 0.269 e. The molecule has 0 bridgehead atoms. The maximum atomic E-state index is 12.7. The maximum Gasteiger partial charge on any atom is 0.269 e. The van der Waals surface area contributed by atoms with E-state index in [4.69, 9.17) is 40.2 Å². The van der Waals surface area contributed by atoms with Gasteiger partial charge in [-0.15, -0.1) is 11.3 Å². The molecule has 0 aliphatic carbocycles. The number of hydrogen-bond acceptors (Lipinski definition) is 5. The van der Waals surface area contributed by atoms with Gasteiger partial charge in [-0.3, -0.25) is 14.9 Å². The minimum atomic E-state index is -0.420. The summed E-state index contributed by atoms with van der Waals surface area (Å²) in [6, 6.07) is 10.4. The van der Waals surface area contributed by atoms with Crippen molar-refractivity contribution in [3.8, 4) is 5.75 Å². The van der Waals surface area contributed by atoms with Gasteiger partial charge in [0.1, 0.15) is 10.6 Å². The standard InChI is InChI=1S/C22H21Cl2N3O3S2/c1-3-4-5-18(28)26-15-9-7-13(11-16(15)30-2)25-22(31)27-21(29)20-19(24)14-8-6-12(23)10-17(14)32-20/h6-11H,3-5H2,1-2H3,(H,26,28)(H2,25,27,29,31). The van der Waals surface area contributed by atoms with Crippen LogP contribution in [0.2, 0.25) is 10.0 Å². The van der Waals surface area contributed by atoms with E-state index in [1.807, 2.05) is 6.92 Å². The number of fused-ring (bicyclic) bond motifs is 1. The van der Waals surface area contributed by atoms with E-state index < -0.39 is 5.91 Å². The first-order valence-electron chi connectivity index (χ1n) is 9.80. The number of unbranched alkanes of at least 4 members (excludes halogenated alkanes) is 1. The van der Waals surface area contributed by atoms with Gasteiger partial charge in [-0.2, -0.15) is 0 Å². The van der Waals surface area contributed by atoms with Crippen molar-refractivity contribution in [2.45, 2.75) is 26.2 Å². The number of benzene rings is 2. The Hall–Kier alpha value is -2.39. The third-order valence-corrected chi connectivity index (χ3v) is 6.61. The van der Waals surface area contributed by atoms with E-state index in [0.717, 1.165) is 22.9 Å². The van der Waals surface area contributed by atoms with Crippen LogP contribution in [0.4, 0.5) is 11.4 Å². The van der Waals surface area contributed by atoms with E-state index in [-0.39, 0.29) is 11.0 Å². The first-order chi connectivity index (χ1) is 15.3. The zero-order valence-electron chi connectivity index (χ0n) is 17.4. The third kappa shape index (κ3) is 5.89. The van der Waals surface area contributed by atoms with Crippen LogP contribution in [0.15, 0.2) is 36.4 Å². The molecule has 32 heavy (non-hydrogen) atoms. The topological polar surface area (TPSA) is 79.5 Å². The summed E-state index contributed by atoms with van der Waals surface area (Å²) < 4.78 is 6.18. The van der Waals surface area contributed by atoms with Crippen molar-refractivity contribution >= 4 is 85.1 Å². The number of halogens is 2. The van der Waals surface area contributed by atoms with Crippen molar-refractivity contribution in [3.63, 3.8) is 0 Å². The van der Waals surface area contributed by atoms with Gasteiger partial charge in [0, 0.05) is 33.3 Å². The predicted octanol–water partition coefficient (Wildman–Crippen LogP) is 6.47. The Balaban J connectivity index is 1.67. The summed E-state index contributed by atoms with van der Waals surface area (Å²) in [7, 11) is 1.51. The highest BCUT2D eigenvalue weighted by Crippen LogP contribution is 2.36. The number of carbonyl (C=O) groups excluding carboxylic acids is 2. The van der Waals surface area contributed by atoms with Gasteiger partial charge in [-0.1, -0.05) is 42.6 Å². The lowest BCUT2D eigenvalue weighted by Gasteiger charge is -2.14. The van der Waals surface area contributed by atoms with Gasteiger partial charge in [-0.25, -0.2) is 0 Å². The third-order valence-electron chi connectivity index (χ3n) is 4.52. The van der Waals surface area contributed by atoms with E-state index in [2.05, 4.69) is 16.0 Å². The zero-order valence-corrected chi connectivity index (χ0v) is 20.5. The van der Waals surface area contributed by atoms with Crippen LogP contribution in [-0.4, -0.2) is 24.0 Å². The minimum Gasteiger partial charge on any atom is -0.494 e. The summed E-state index contributed by atoms with van der Waals surface area (Å²) in [4.78, 5) is 25.0. The summed E-state index contributed by atoms with van der Waals surface area (Å²) in [6.45, 7) is 2.03. The van der Waals surface area contributed by atoms with Gasteiger partial charge in [0.05, 0.1) is 17.8 Å². The number of thiocarbonyl (C=S) groups is 1. The molecule has 3 rings (SSSR count). The molecule has 168 valence electrons. The number of ether oxygens (including phenoxy) is 1. The van der Waals surface area contributed by atoms with Crippen molar-refractivity contribution in [1.82, 2.24) is 5.32 Å². The molecule has 0 unspecified atom stereocenters. The SMILES string of the molecule is CCCCC(=O)Nc1ccc(NC(=S)NC(=O)c2sc3cc(Cl)ccc3c2Cl)cc1OC. The molecule has 6 nitrogen and oxygen atoms in total. The van der Waals surface area contributed by atoms with Crippen LogP contribution in [0.1, 0.15) is 35.9 Å². The average molecular weight is 510 g/mol. The Morgan fingerprint density at radius 1 is 1.12 bits per heavy atom. The summed E-state index contributed by atoms with van der Waals surface area (Å²) >= 11 is 18.9. The van der Waals surface area contributed by atoms with Crippen LogP contribution in [0, 0.1) is 0 Å². The molecular formula is C22H21Cl2N3O3S2. The summed E-state index contributed by atoms with van der Waals surface area (Å²) in [6.07, 6.45) is 2.21. The lowest BCUT2D eigenvalue weighted by atomic mass is 10.2. The van der Waals surface area contributed by atoms with E-state index >= 15 is 0 Å². The first kappa shape index (κ1) is 24.3. The molecule has 0 aliphatic heterocycles. The molecule has 0 aliphatic rings. The molecule has 0 radical (unpaired) electrons. The van der Waals surface area contributed by atoms with Crippen molar-refractivity contribution < 1.29 is 14.3 Å². The van der Waals surface area contributed by atoms with Crippen molar-refractivity contribution in [1.29, 1.82) is 0 Å². The Morgan fingerprint density at radius 2 is 1.91 bits per heavy atom. The van der Waals surface area contributed by atoms with Gasteiger partial charge in [0.15, 0.2) is 5.11 Å². The fourth-order valence-electron chi connectivity index (χ4n) is 2.93. The molecule has 1 heterocycles. The fourth-order valence-corrected chi connectivity index (χ4v) is 4.83. The van der Waals surface area contributed by atoms with Crippen LogP contribution >= 0.6 is 46.8 Å². The Morgan fingerprint density at radius 3 is 2.62 bits per heavy atom. The van der Waals surface area contributed by atoms with Gasteiger partial charge >= 0.3 is 0 Å². The van der Waals surface area contributed by atoms with Crippen molar-refractivity contribution in [2.75, 3.05) is 17.7 Å². The van der Waals surface area contributed by atoms with Gasteiger partial charge in [0.25, 0.3) is 5.91 Å². The zero-order chi connectivity index (χ0) is 23.3. The normalized spacial score (nSPS) is 10.6. The predicted molar refractivity (Wildman–Crippen MR) is 137 cm³/mol. The van der Waals surface area contributed by atoms with Crippen molar-refractivity contribution in [3.05, 3.63) is 51.3 Å². The van der Waals surface area contributed by atoms with Crippen LogP contribution in [0.3, 0.4) is 0 Å². The molecule has 2 amide bonds. The number of rotatable bonds is 7. The van der Waals surface area contributed by atoms with Crippen molar-refractivity contribution in [2.24, 2.45) is 0 Å². The van der Waals surface area contributed by atoms with Crippen LogP contribution in [0.25, 0.3) is 10.1 Å². The molecule has 0 fully saturated rings. The molecule has 0 spiro atoms. The number of methoxy groups -OCH3 is 1. The van der Waals surface area contributed by atoms with E-state index in [1.165, 1.54) is 18.4 Å². The highest BCUT2D eigenvalue weighted by Gasteiger charge is 2.18. The average Bonchev–Trinajstić information content (AvgIpc) is 3.08. The number of thiophene rings is 1. The lowest BCUT2D eigenvalue weighted by Crippen LogP contribution is -2.33. The largest absolute Gasteiger partial charge is 0.494 e. The summed E-state index contributed by atoms with van der Waals surface area (Å²) in [5, 5.41) is 10.2. The molecule has 0 saturated heterocycles. The van der Waals surface area contributed by atoms with Gasteiger partial charge < -0.3 is 15.4 Å². The fraction of sp³-hybridized carbons (Fsp3) is 0.227. The van der Waals surface area contributed by atoms with Crippen LogP contribution in [0.5, 0.6) is 5.75 Å². The Labute approximate surface area is 205 Å². The molecule has 10 heteroatoms. The molecule has 0 atom stereocenters. The monoisotopic (exact) mass is 509 g/mol. The number of anilines is 2. The molecule has 2 aromatic carbocycles. The summed E-state index contributed by atoms with van der Waals surface area (Å²) in [5.41, 5.74) is 1.15. The quantitative estimate of drug-likeness (QED) is 0.318. The second kappa shape index (κ2) is 11.0. The van der Waals surface area contributed by atoms with E-state index in [9.17, 15) is 9.59 Å².